The summed E-state index contributed by atoms with van der Waals surface area (Å²) in [5.41, 5.74) is 0.907. The van der Waals surface area contributed by atoms with Crippen LogP contribution in [0.1, 0.15) is 60.5 Å². The summed E-state index contributed by atoms with van der Waals surface area (Å²) < 4.78 is 0. The Bertz CT molecular complexity index is 901. The Hall–Kier alpha value is -3.45. The SMILES string of the molecule is C=CCCCCCC[C@@H](NC(=O)[C@H](O)[C@@H](NC(=O)c1ccccc1)c1ccccc1)C(=O)O. The molecule has 7 nitrogen and oxygen atoms in total. The highest BCUT2D eigenvalue weighted by atomic mass is 16.4. The summed E-state index contributed by atoms with van der Waals surface area (Å²) in [5.74, 6) is -2.46. The van der Waals surface area contributed by atoms with Gasteiger partial charge in [-0.25, -0.2) is 4.79 Å². The lowest BCUT2D eigenvalue weighted by molar-refractivity contribution is -0.144. The average molecular weight is 453 g/mol. The number of amides is 2. The molecule has 0 unspecified atom stereocenters. The van der Waals surface area contributed by atoms with Crippen molar-refractivity contribution in [1.82, 2.24) is 10.6 Å². The molecule has 0 radical (unpaired) electrons. The van der Waals surface area contributed by atoms with Crippen molar-refractivity contribution in [2.45, 2.75) is 56.7 Å². The first-order chi connectivity index (χ1) is 15.9. The first-order valence-corrected chi connectivity index (χ1v) is 11.2. The number of hydrogen-bond donors (Lipinski definition) is 4. The van der Waals surface area contributed by atoms with E-state index in [0.717, 1.165) is 25.7 Å². The first-order valence-electron chi connectivity index (χ1n) is 11.2. The third kappa shape index (κ3) is 8.54. The number of carboxylic acids is 1. The van der Waals surface area contributed by atoms with Crippen molar-refractivity contribution in [1.29, 1.82) is 0 Å². The normalized spacial score (nSPS) is 13.4. The highest BCUT2D eigenvalue weighted by molar-refractivity contribution is 5.95. The number of carbonyl (C=O) groups is 3. The molecule has 0 spiro atoms. The number of aliphatic carboxylic acids is 1. The van der Waals surface area contributed by atoms with Gasteiger partial charge in [-0.3, -0.25) is 9.59 Å². The zero-order chi connectivity index (χ0) is 24.1. The predicted octanol–water partition coefficient (Wildman–Crippen LogP) is 3.61. The van der Waals surface area contributed by atoms with E-state index in [1.54, 1.807) is 60.7 Å². The van der Waals surface area contributed by atoms with E-state index in [1.807, 2.05) is 6.08 Å². The molecule has 2 rings (SSSR count). The van der Waals surface area contributed by atoms with Crippen molar-refractivity contribution in [2.75, 3.05) is 0 Å². The summed E-state index contributed by atoms with van der Waals surface area (Å²) in [6.07, 6.45) is 4.78. The molecule has 3 atom stereocenters. The van der Waals surface area contributed by atoms with Crippen LogP contribution in [0.2, 0.25) is 0 Å². The van der Waals surface area contributed by atoms with Crippen LogP contribution in [0.3, 0.4) is 0 Å². The van der Waals surface area contributed by atoms with Crippen LogP contribution in [0.15, 0.2) is 73.3 Å². The van der Waals surface area contributed by atoms with Gasteiger partial charge in [0.05, 0.1) is 6.04 Å². The molecule has 0 aliphatic rings. The van der Waals surface area contributed by atoms with E-state index < -0.39 is 36.0 Å². The monoisotopic (exact) mass is 452 g/mol. The molecule has 2 amide bonds. The average Bonchev–Trinajstić information content (AvgIpc) is 2.84. The van der Waals surface area contributed by atoms with Gasteiger partial charge in [0.2, 0.25) is 0 Å². The van der Waals surface area contributed by atoms with Gasteiger partial charge in [-0.2, -0.15) is 0 Å². The lowest BCUT2D eigenvalue weighted by Crippen LogP contribution is -2.50. The van der Waals surface area contributed by atoms with Crippen LogP contribution in [-0.2, 0) is 9.59 Å². The fraction of sp³-hybridized carbons (Fsp3) is 0.346. The molecule has 0 bridgehead atoms. The highest BCUT2D eigenvalue weighted by Gasteiger charge is 2.32. The second-order valence-electron chi connectivity index (χ2n) is 7.85. The molecule has 4 N–H and O–H groups in total. The van der Waals surface area contributed by atoms with Gasteiger partial charge in [0, 0.05) is 5.56 Å². The predicted molar refractivity (Wildman–Crippen MR) is 127 cm³/mol. The Balaban J connectivity index is 2.06. The minimum absolute atomic E-state index is 0.258. The summed E-state index contributed by atoms with van der Waals surface area (Å²) in [7, 11) is 0. The minimum Gasteiger partial charge on any atom is -0.480 e. The number of nitrogens with one attached hydrogen (secondary N) is 2. The smallest absolute Gasteiger partial charge is 0.326 e. The standard InChI is InChI=1S/C26H32N2O5/c1-2-3-4-5-6-13-18-21(26(32)33)27-25(31)23(29)22(19-14-9-7-10-15-19)28-24(30)20-16-11-8-12-17-20/h2,7-12,14-17,21-23,29H,1,3-6,13,18H2,(H,27,31)(H,28,30)(H,32,33)/t21-,22+,23-/m1/s1. The number of benzene rings is 2. The fourth-order valence-electron chi connectivity index (χ4n) is 3.48. The van der Waals surface area contributed by atoms with E-state index in [-0.39, 0.29) is 6.42 Å². The fourth-order valence-corrected chi connectivity index (χ4v) is 3.48. The van der Waals surface area contributed by atoms with Crippen molar-refractivity contribution in [3.8, 4) is 0 Å². The molecule has 0 saturated carbocycles. The third-order valence-electron chi connectivity index (χ3n) is 5.33. The van der Waals surface area contributed by atoms with Crippen molar-refractivity contribution < 1.29 is 24.6 Å². The van der Waals surface area contributed by atoms with Gasteiger partial charge in [-0.1, -0.05) is 73.9 Å². The topological polar surface area (TPSA) is 116 Å². The van der Waals surface area contributed by atoms with Gasteiger partial charge in [0.25, 0.3) is 11.8 Å². The lowest BCUT2D eigenvalue weighted by atomic mass is 9.99. The van der Waals surface area contributed by atoms with E-state index in [9.17, 15) is 24.6 Å². The number of hydrogen-bond acceptors (Lipinski definition) is 4. The summed E-state index contributed by atoms with van der Waals surface area (Å²) >= 11 is 0. The number of rotatable bonds is 14. The number of carbonyl (C=O) groups excluding carboxylic acids is 2. The molecule has 2 aromatic carbocycles. The van der Waals surface area contributed by atoms with Crippen LogP contribution < -0.4 is 10.6 Å². The Kier molecular flexibility index (Phi) is 10.8. The van der Waals surface area contributed by atoms with Crippen molar-refractivity contribution in [3.05, 3.63) is 84.4 Å². The Morgan fingerprint density at radius 3 is 2.09 bits per heavy atom. The maximum absolute atomic E-state index is 12.8. The number of aliphatic hydroxyl groups excluding tert-OH is 1. The molecule has 0 aliphatic carbocycles. The quantitative estimate of drug-likeness (QED) is 0.258. The Morgan fingerprint density at radius 2 is 1.48 bits per heavy atom. The van der Waals surface area contributed by atoms with Crippen LogP contribution in [0, 0.1) is 0 Å². The molecular weight excluding hydrogens is 420 g/mol. The maximum atomic E-state index is 12.8. The van der Waals surface area contributed by atoms with Gasteiger partial charge < -0.3 is 20.8 Å². The van der Waals surface area contributed by atoms with Crippen molar-refractivity contribution in [2.24, 2.45) is 0 Å². The molecule has 0 aliphatic heterocycles. The van der Waals surface area contributed by atoms with Gasteiger partial charge in [0.1, 0.15) is 6.04 Å². The lowest BCUT2D eigenvalue weighted by Gasteiger charge is -2.25. The molecule has 0 saturated heterocycles. The largest absolute Gasteiger partial charge is 0.480 e. The number of aliphatic hydroxyl groups is 1. The maximum Gasteiger partial charge on any atom is 0.326 e. The first kappa shape index (κ1) is 25.8. The van der Waals surface area contributed by atoms with Crippen LogP contribution >= 0.6 is 0 Å². The third-order valence-corrected chi connectivity index (χ3v) is 5.33. The number of allylic oxidation sites excluding steroid dienone is 1. The molecule has 0 fully saturated rings. The molecular formula is C26H32N2O5. The van der Waals surface area contributed by atoms with E-state index in [2.05, 4.69) is 17.2 Å². The molecule has 33 heavy (non-hydrogen) atoms. The van der Waals surface area contributed by atoms with E-state index in [1.165, 1.54) is 0 Å². The van der Waals surface area contributed by atoms with Gasteiger partial charge in [0.15, 0.2) is 6.10 Å². The van der Waals surface area contributed by atoms with Gasteiger partial charge >= 0.3 is 5.97 Å². The summed E-state index contributed by atoms with van der Waals surface area (Å²) in [4.78, 5) is 37.1. The molecule has 7 heteroatoms. The van der Waals surface area contributed by atoms with E-state index >= 15 is 0 Å². The zero-order valence-corrected chi connectivity index (χ0v) is 18.7. The molecule has 2 aromatic rings. The molecule has 176 valence electrons. The second-order valence-corrected chi connectivity index (χ2v) is 7.85. The van der Waals surface area contributed by atoms with Crippen LogP contribution in [-0.4, -0.2) is 40.1 Å². The highest BCUT2D eigenvalue weighted by Crippen LogP contribution is 2.19. The van der Waals surface area contributed by atoms with Crippen LogP contribution in [0.4, 0.5) is 0 Å². The molecule has 0 aromatic heterocycles. The van der Waals surface area contributed by atoms with E-state index in [4.69, 9.17) is 0 Å². The van der Waals surface area contributed by atoms with E-state index in [0.29, 0.717) is 17.5 Å². The van der Waals surface area contributed by atoms with Gasteiger partial charge in [-0.15, -0.1) is 6.58 Å². The summed E-state index contributed by atoms with van der Waals surface area (Å²) in [6.45, 7) is 3.68. The van der Waals surface area contributed by atoms with Crippen LogP contribution in [0.5, 0.6) is 0 Å². The number of carboxylic acid groups (broad SMARTS) is 1. The number of unbranched alkanes of at least 4 members (excludes halogenated alkanes) is 4. The second kappa shape index (κ2) is 13.9. The Labute approximate surface area is 194 Å². The summed E-state index contributed by atoms with van der Waals surface area (Å²) in [5, 5.41) is 25.4. The molecule has 0 heterocycles. The van der Waals surface area contributed by atoms with Crippen molar-refractivity contribution >= 4 is 17.8 Å². The van der Waals surface area contributed by atoms with Crippen molar-refractivity contribution in [3.63, 3.8) is 0 Å². The zero-order valence-electron chi connectivity index (χ0n) is 18.7. The van der Waals surface area contributed by atoms with Crippen LogP contribution in [0.25, 0.3) is 0 Å². The minimum atomic E-state index is -1.67. The van der Waals surface area contributed by atoms with Gasteiger partial charge in [-0.05, 0) is 37.0 Å². The Morgan fingerprint density at radius 1 is 0.879 bits per heavy atom. The summed E-state index contributed by atoms with van der Waals surface area (Å²) in [6, 6.07) is 14.9.